The normalized spacial score (nSPS) is 17.4. The molecule has 1 atom stereocenters. The minimum atomic E-state index is -0.446. The maximum Gasteiger partial charge on any atom is 0.138 e. The van der Waals surface area contributed by atoms with Crippen LogP contribution in [0.2, 0.25) is 0 Å². The monoisotopic (exact) mass is 298 g/mol. The smallest absolute Gasteiger partial charge is 0.138 e. The van der Waals surface area contributed by atoms with Gasteiger partial charge in [0.15, 0.2) is 0 Å². The van der Waals surface area contributed by atoms with Gasteiger partial charge in [0, 0.05) is 32.7 Å². The maximum atomic E-state index is 10.3. The van der Waals surface area contributed by atoms with Crippen molar-refractivity contribution in [1.29, 1.82) is 0 Å². The molecule has 116 valence electrons. The first-order chi connectivity index (χ1) is 10.7. The van der Waals surface area contributed by atoms with E-state index in [1.807, 2.05) is 48.5 Å². The van der Waals surface area contributed by atoms with E-state index in [1.165, 1.54) is 0 Å². The lowest BCUT2D eigenvalue weighted by Crippen LogP contribution is -2.47. The van der Waals surface area contributed by atoms with E-state index in [-0.39, 0.29) is 0 Å². The third-order valence-electron chi connectivity index (χ3n) is 4.21. The van der Waals surface area contributed by atoms with Crippen LogP contribution >= 0.6 is 0 Å². The molecule has 0 aromatic heterocycles. The van der Waals surface area contributed by atoms with Crippen molar-refractivity contribution in [1.82, 2.24) is 4.90 Å². The predicted octanol–water partition coefficient (Wildman–Crippen LogP) is 2.25. The summed E-state index contributed by atoms with van der Waals surface area (Å²) in [5, 5.41) is 20.2. The molecule has 0 amide bonds. The standard InChI is InChI=1S/C18H22N2O2/c21-17-9-5-4-8-16(17)20-12-10-19(11-13-20)14-18(22)15-6-2-1-3-7-15/h1-9,18,21-22H,10-14H2/t18-/m1/s1. The minimum absolute atomic E-state index is 0.334. The summed E-state index contributed by atoms with van der Waals surface area (Å²) in [6, 6.07) is 17.2. The molecule has 1 aliphatic heterocycles. The van der Waals surface area contributed by atoms with Crippen molar-refractivity contribution in [2.24, 2.45) is 0 Å². The fourth-order valence-electron chi connectivity index (χ4n) is 2.93. The van der Waals surface area contributed by atoms with Crippen LogP contribution in [0.15, 0.2) is 54.6 Å². The number of rotatable bonds is 4. The zero-order valence-corrected chi connectivity index (χ0v) is 12.6. The molecule has 0 bridgehead atoms. The number of piperazine rings is 1. The van der Waals surface area contributed by atoms with Crippen molar-refractivity contribution in [2.75, 3.05) is 37.6 Å². The zero-order valence-electron chi connectivity index (χ0n) is 12.6. The van der Waals surface area contributed by atoms with Crippen LogP contribution in [0.1, 0.15) is 11.7 Å². The first-order valence-electron chi connectivity index (χ1n) is 7.72. The molecule has 22 heavy (non-hydrogen) atoms. The number of hydrogen-bond acceptors (Lipinski definition) is 4. The minimum Gasteiger partial charge on any atom is -0.506 e. The van der Waals surface area contributed by atoms with Crippen LogP contribution in [0.25, 0.3) is 0 Å². The van der Waals surface area contributed by atoms with Gasteiger partial charge in [0.2, 0.25) is 0 Å². The number of anilines is 1. The average molecular weight is 298 g/mol. The van der Waals surface area contributed by atoms with Gasteiger partial charge in [0.25, 0.3) is 0 Å². The fraction of sp³-hybridized carbons (Fsp3) is 0.333. The predicted molar refractivity (Wildman–Crippen MR) is 88.2 cm³/mol. The summed E-state index contributed by atoms with van der Waals surface area (Å²) in [6.45, 7) is 4.15. The molecule has 0 spiro atoms. The van der Waals surface area contributed by atoms with Gasteiger partial charge < -0.3 is 15.1 Å². The van der Waals surface area contributed by atoms with Gasteiger partial charge in [-0.2, -0.15) is 0 Å². The van der Waals surface area contributed by atoms with Gasteiger partial charge >= 0.3 is 0 Å². The Morgan fingerprint density at radius 1 is 0.864 bits per heavy atom. The number of β-amino-alcohol motifs (C(OH)–C–C–N with tert-alkyl or cyclic N) is 1. The Balaban J connectivity index is 1.55. The molecule has 3 rings (SSSR count). The summed E-state index contributed by atoms with van der Waals surface area (Å²) in [5.74, 6) is 0.334. The third-order valence-corrected chi connectivity index (χ3v) is 4.21. The second kappa shape index (κ2) is 6.81. The second-order valence-corrected chi connectivity index (χ2v) is 5.70. The molecular weight excluding hydrogens is 276 g/mol. The summed E-state index contributed by atoms with van der Waals surface area (Å²) < 4.78 is 0. The Morgan fingerprint density at radius 2 is 1.50 bits per heavy atom. The Bertz CT molecular complexity index is 595. The van der Waals surface area contributed by atoms with E-state index in [4.69, 9.17) is 0 Å². The molecule has 1 aliphatic rings. The Morgan fingerprint density at radius 3 is 2.18 bits per heavy atom. The van der Waals surface area contributed by atoms with Crippen molar-refractivity contribution in [2.45, 2.75) is 6.10 Å². The number of nitrogens with zero attached hydrogens (tertiary/aromatic N) is 2. The fourth-order valence-corrected chi connectivity index (χ4v) is 2.93. The molecule has 2 aromatic rings. The van der Waals surface area contributed by atoms with Gasteiger partial charge in [-0.15, -0.1) is 0 Å². The average Bonchev–Trinajstić information content (AvgIpc) is 2.57. The van der Waals surface area contributed by atoms with Gasteiger partial charge in [-0.05, 0) is 17.7 Å². The molecule has 0 unspecified atom stereocenters. The molecule has 4 nitrogen and oxygen atoms in total. The molecular formula is C18H22N2O2. The molecule has 1 heterocycles. The molecule has 2 N–H and O–H groups in total. The summed E-state index contributed by atoms with van der Waals surface area (Å²) >= 11 is 0. The van der Waals surface area contributed by atoms with Gasteiger partial charge in [-0.1, -0.05) is 42.5 Å². The van der Waals surface area contributed by atoms with Crippen LogP contribution in [0.3, 0.4) is 0 Å². The van der Waals surface area contributed by atoms with E-state index < -0.39 is 6.10 Å². The van der Waals surface area contributed by atoms with Crippen molar-refractivity contribution in [3.8, 4) is 5.75 Å². The third kappa shape index (κ3) is 3.40. The molecule has 0 aliphatic carbocycles. The molecule has 0 radical (unpaired) electrons. The number of phenols is 1. The number of phenolic OH excluding ortho intramolecular Hbond substituents is 1. The second-order valence-electron chi connectivity index (χ2n) is 5.70. The Labute approximate surface area is 131 Å². The quantitative estimate of drug-likeness (QED) is 0.909. The molecule has 4 heteroatoms. The molecule has 0 saturated carbocycles. The lowest BCUT2D eigenvalue weighted by Gasteiger charge is -2.37. The largest absolute Gasteiger partial charge is 0.506 e. The van der Waals surface area contributed by atoms with Crippen molar-refractivity contribution in [3.63, 3.8) is 0 Å². The van der Waals surface area contributed by atoms with Gasteiger partial charge in [-0.3, -0.25) is 4.90 Å². The van der Waals surface area contributed by atoms with Gasteiger partial charge in [-0.25, -0.2) is 0 Å². The number of benzene rings is 2. The van der Waals surface area contributed by atoms with E-state index >= 15 is 0 Å². The summed E-state index contributed by atoms with van der Waals surface area (Å²) in [5.41, 5.74) is 1.86. The van der Waals surface area contributed by atoms with Crippen LogP contribution < -0.4 is 4.90 Å². The Hall–Kier alpha value is -2.04. The molecule has 1 fully saturated rings. The highest BCUT2D eigenvalue weighted by molar-refractivity contribution is 5.57. The maximum absolute atomic E-state index is 10.3. The van der Waals surface area contributed by atoms with E-state index in [0.29, 0.717) is 12.3 Å². The van der Waals surface area contributed by atoms with Crippen LogP contribution in [0.4, 0.5) is 5.69 Å². The van der Waals surface area contributed by atoms with Gasteiger partial charge in [0.05, 0.1) is 11.8 Å². The number of aliphatic hydroxyl groups is 1. The Kier molecular flexibility index (Phi) is 4.61. The van der Waals surface area contributed by atoms with Crippen LogP contribution in [-0.2, 0) is 0 Å². The molecule has 2 aromatic carbocycles. The SMILES string of the molecule is Oc1ccccc1N1CCN(C[C@@H](O)c2ccccc2)CC1. The van der Waals surface area contributed by atoms with E-state index in [2.05, 4.69) is 9.80 Å². The number of hydrogen-bond donors (Lipinski definition) is 2. The van der Waals surface area contributed by atoms with Crippen LogP contribution in [0, 0.1) is 0 Å². The first kappa shape index (κ1) is 14.9. The summed E-state index contributed by atoms with van der Waals surface area (Å²) in [4.78, 5) is 4.47. The first-order valence-corrected chi connectivity index (χ1v) is 7.72. The highest BCUT2D eigenvalue weighted by Gasteiger charge is 2.21. The van der Waals surface area contributed by atoms with E-state index in [9.17, 15) is 10.2 Å². The number of aromatic hydroxyl groups is 1. The lowest BCUT2D eigenvalue weighted by atomic mass is 10.1. The zero-order chi connectivity index (χ0) is 15.4. The number of para-hydroxylation sites is 2. The van der Waals surface area contributed by atoms with Crippen molar-refractivity contribution < 1.29 is 10.2 Å². The summed E-state index contributed by atoms with van der Waals surface area (Å²) in [6.07, 6.45) is -0.446. The molecule has 1 saturated heterocycles. The topological polar surface area (TPSA) is 46.9 Å². The summed E-state index contributed by atoms with van der Waals surface area (Å²) in [7, 11) is 0. The van der Waals surface area contributed by atoms with Crippen molar-refractivity contribution in [3.05, 3.63) is 60.2 Å². The lowest BCUT2D eigenvalue weighted by molar-refractivity contribution is 0.109. The highest BCUT2D eigenvalue weighted by Crippen LogP contribution is 2.27. The van der Waals surface area contributed by atoms with Crippen LogP contribution in [0.5, 0.6) is 5.75 Å². The van der Waals surface area contributed by atoms with Crippen molar-refractivity contribution >= 4 is 5.69 Å². The highest BCUT2D eigenvalue weighted by atomic mass is 16.3. The number of aliphatic hydroxyl groups excluding tert-OH is 1. The van der Waals surface area contributed by atoms with Crippen LogP contribution in [-0.4, -0.2) is 47.8 Å². The van der Waals surface area contributed by atoms with E-state index in [0.717, 1.165) is 37.4 Å². The van der Waals surface area contributed by atoms with Gasteiger partial charge in [0.1, 0.15) is 5.75 Å². The van der Waals surface area contributed by atoms with E-state index in [1.54, 1.807) is 6.07 Å².